The molecule has 0 aromatic heterocycles. The highest BCUT2D eigenvalue weighted by atomic mass is 16.6. The van der Waals surface area contributed by atoms with Gasteiger partial charge in [0.1, 0.15) is 5.75 Å². The molecule has 2 aromatic rings. The average molecular weight is 380 g/mol. The van der Waals surface area contributed by atoms with E-state index in [1.54, 1.807) is 25.1 Å². The Hall–Kier alpha value is -3.94. The van der Waals surface area contributed by atoms with Crippen LogP contribution in [0.2, 0.25) is 0 Å². The minimum atomic E-state index is -0.697. The number of ether oxygens (including phenoxy) is 1. The molecule has 1 heterocycles. The van der Waals surface area contributed by atoms with E-state index in [-0.39, 0.29) is 22.6 Å². The second-order valence-electron chi connectivity index (χ2n) is 5.98. The molecule has 3 rings (SSSR count). The van der Waals surface area contributed by atoms with Crippen LogP contribution in [0.15, 0.2) is 65.4 Å². The van der Waals surface area contributed by atoms with Gasteiger partial charge in [0.2, 0.25) is 0 Å². The summed E-state index contributed by atoms with van der Waals surface area (Å²) >= 11 is 0. The first-order valence-corrected chi connectivity index (χ1v) is 8.23. The number of nitro benzene ring substituents is 1. The van der Waals surface area contributed by atoms with Crippen LogP contribution in [0.3, 0.4) is 0 Å². The second-order valence-corrected chi connectivity index (χ2v) is 5.98. The van der Waals surface area contributed by atoms with Gasteiger partial charge in [0.15, 0.2) is 0 Å². The minimum absolute atomic E-state index is 0.0431. The number of phenolic OH excluding ortho intramolecular Hbond substituents is 1. The van der Waals surface area contributed by atoms with Crippen LogP contribution in [0.4, 0.5) is 11.4 Å². The SMILES string of the molecule is COC(=O)C1=C(C)N(c2ccc([N+](=O)[O-])cc2)C(=O)/C1=C\c1ccccc1O. The fourth-order valence-corrected chi connectivity index (χ4v) is 2.98. The Bertz CT molecular complexity index is 1040. The zero-order valence-corrected chi connectivity index (χ0v) is 15.1. The van der Waals surface area contributed by atoms with Crippen molar-refractivity contribution >= 4 is 29.3 Å². The number of hydrogen-bond acceptors (Lipinski definition) is 6. The van der Waals surface area contributed by atoms with Gasteiger partial charge in [0, 0.05) is 29.1 Å². The highest BCUT2D eigenvalue weighted by molar-refractivity contribution is 6.23. The molecule has 0 unspecified atom stereocenters. The molecule has 0 fully saturated rings. The topological polar surface area (TPSA) is 110 Å². The lowest BCUT2D eigenvalue weighted by molar-refractivity contribution is -0.384. The van der Waals surface area contributed by atoms with Gasteiger partial charge in [-0.05, 0) is 31.2 Å². The van der Waals surface area contributed by atoms with Crippen molar-refractivity contribution in [3.63, 3.8) is 0 Å². The van der Waals surface area contributed by atoms with Crippen LogP contribution < -0.4 is 4.90 Å². The number of para-hydroxylation sites is 1. The van der Waals surface area contributed by atoms with E-state index >= 15 is 0 Å². The predicted molar refractivity (Wildman–Crippen MR) is 101 cm³/mol. The van der Waals surface area contributed by atoms with E-state index in [1.807, 2.05) is 0 Å². The van der Waals surface area contributed by atoms with E-state index < -0.39 is 16.8 Å². The van der Waals surface area contributed by atoms with Crippen LogP contribution in [-0.4, -0.2) is 29.0 Å². The van der Waals surface area contributed by atoms with Crippen LogP contribution in [0.1, 0.15) is 12.5 Å². The Morgan fingerprint density at radius 2 is 1.82 bits per heavy atom. The summed E-state index contributed by atoms with van der Waals surface area (Å²) in [5.74, 6) is -1.25. The zero-order valence-electron chi connectivity index (χ0n) is 15.1. The van der Waals surface area contributed by atoms with Crippen molar-refractivity contribution < 1.29 is 24.4 Å². The van der Waals surface area contributed by atoms with Crippen molar-refractivity contribution in [3.8, 4) is 5.75 Å². The molecule has 1 aliphatic heterocycles. The number of rotatable bonds is 4. The summed E-state index contributed by atoms with van der Waals surface area (Å²) in [5, 5.41) is 20.9. The number of nitrogens with zero attached hydrogens (tertiary/aromatic N) is 2. The molecule has 0 bridgehead atoms. The fraction of sp³-hybridized carbons (Fsp3) is 0.100. The maximum Gasteiger partial charge on any atom is 0.340 e. The number of carbonyl (C=O) groups is 2. The van der Waals surface area contributed by atoms with Crippen molar-refractivity contribution in [1.82, 2.24) is 0 Å². The van der Waals surface area contributed by atoms with Crippen molar-refractivity contribution in [2.24, 2.45) is 0 Å². The molecule has 0 saturated heterocycles. The molecule has 0 saturated carbocycles. The molecule has 1 amide bonds. The van der Waals surface area contributed by atoms with Crippen LogP contribution in [-0.2, 0) is 14.3 Å². The Kier molecular flexibility index (Phi) is 4.95. The summed E-state index contributed by atoms with van der Waals surface area (Å²) in [4.78, 5) is 37.0. The number of amides is 1. The number of phenols is 1. The summed E-state index contributed by atoms with van der Waals surface area (Å²) in [5.41, 5.74) is 1.07. The van der Waals surface area contributed by atoms with Gasteiger partial charge in [0.05, 0.1) is 23.2 Å². The van der Waals surface area contributed by atoms with Crippen molar-refractivity contribution in [2.75, 3.05) is 12.0 Å². The first kappa shape index (κ1) is 18.8. The van der Waals surface area contributed by atoms with Gasteiger partial charge < -0.3 is 9.84 Å². The summed E-state index contributed by atoms with van der Waals surface area (Å²) < 4.78 is 4.82. The van der Waals surface area contributed by atoms with E-state index in [4.69, 9.17) is 4.74 Å². The monoisotopic (exact) mass is 380 g/mol. The third-order valence-corrected chi connectivity index (χ3v) is 4.34. The number of esters is 1. The number of nitro groups is 1. The third kappa shape index (κ3) is 3.23. The number of carbonyl (C=O) groups excluding carboxylic acids is 2. The highest BCUT2D eigenvalue weighted by Crippen LogP contribution is 2.36. The zero-order chi connectivity index (χ0) is 20.4. The molecule has 2 aromatic carbocycles. The van der Waals surface area contributed by atoms with Crippen molar-refractivity contribution in [3.05, 3.63) is 81.1 Å². The fourth-order valence-electron chi connectivity index (χ4n) is 2.98. The molecular weight excluding hydrogens is 364 g/mol. The minimum Gasteiger partial charge on any atom is -0.507 e. The van der Waals surface area contributed by atoms with Gasteiger partial charge in [0.25, 0.3) is 11.6 Å². The molecule has 0 spiro atoms. The first-order valence-electron chi connectivity index (χ1n) is 8.23. The third-order valence-electron chi connectivity index (χ3n) is 4.34. The number of anilines is 1. The van der Waals surface area contributed by atoms with E-state index in [1.165, 1.54) is 48.4 Å². The van der Waals surface area contributed by atoms with E-state index in [9.17, 15) is 24.8 Å². The van der Waals surface area contributed by atoms with E-state index in [0.717, 1.165) is 0 Å². The van der Waals surface area contributed by atoms with Gasteiger partial charge in [-0.15, -0.1) is 0 Å². The Morgan fingerprint density at radius 3 is 2.39 bits per heavy atom. The number of benzene rings is 2. The van der Waals surface area contributed by atoms with Crippen LogP contribution >= 0.6 is 0 Å². The smallest absolute Gasteiger partial charge is 0.340 e. The van der Waals surface area contributed by atoms with Crippen LogP contribution in [0.5, 0.6) is 5.75 Å². The predicted octanol–water partition coefficient (Wildman–Crippen LogP) is 3.18. The van der Waals surface area contributed by atoms with Crippen molar-refractivity contribution in [1.29, 1.82) is 0 Å². The summed E-state index contributed by atoms with van der Waals surface area (Å²) in [6.07, 6.45) is 1.42. The number of methoxy groups -OCH3 is 1. The van der Waals surface area contributed by atoms with E-state index in [0.29, 0.717) is 16.9 Å². The average Bonchev–Trinajstić information content (AvgIpc) is 2.93. The van der Waals surface area contributed by atoms with E-state index in [2.05, 4.69) is 0 Å². The van der Waals surface area contributed by atoms with Gasteiger partial charge >= 0.3 is 5.97 Å². The Labute approximate surface area is 160 Å². The maximum absolute atomic E-state index is 13.1. The lowest BCUT2D eigenvalue weighted by Crippen LogP contribution is -2.24. The lowest BCUT2D eigenvalue weighted by Gasteiger charge is -2.17. The second kappa shape index (κ2) is 7.36. The lowest BCUT2D eigenvalue weighted by atomic mass is 10.0. The molecule has 28 heavy (non-hydrogen) atoms. The quantitative estimate of drug-likeness (QED) is 0.378. The molecule has 8 heteroatoms. The van der Waals surface area contributed by atoms with Gasteiger partial charge in [-0.2, -0.15) is 0 Å². The summed E-state index contributed by atoms with van der Waals surface area (Å²) in [7, 11) is 1.21. The molecule has 1 aliphatic rings. The van der Waals surface area contributed by atoms with Gasteiger partial charge in [-0.25, -0.2) is 4.79 Å². The largest absolute Gasteiger partial charge is 0.507 e. The molecular formula is C20H16N2O6. The standard InChI is InChI=1S/C20H16N2O6/c1-12-18(20(25)28-2)16(11-13-5-3-4-6-17(13)23)19(24)21(12)14-7-9-15(10-8-14)22(26)27/h3-11,23H,1-2H3/b16-11-. The summed E-state index contributed by atoms with van der Waals surface area (Å²) in [6.45, 7) is 1.58. The molecule has 0 atom stereocenters. The van der Waals surface area contributed by atoms with Crippen LogP contribution in [0.25, 0.3) is 6.08 Å². The summed E-state index contributed by atoms with van der Waals surface area (Å²) in [6, 6.07) is 11.8. The molecule has 1 N–H and O–H groups in total. The highest BCUT2D eigenvalue weighted by Gasteiger charge is 2.38. The number of allylic oxidation sites excluding steroid dienone is 1. The first-order chi connectivity index (χ1) is 13.3. The Balaban J connectivity index is 2.12. The molecule has 142 valence electrons. The molecule has 0 aliphatic carbocycles. The molecule has 8 nitrogen and oxygen atoms in total. The number of aromatic hydroxyl groups is 1. The van der Waals surface area contributed by atoms with Gasteiger partial charge in [-0.3, -0.25) is 19.8 Å². The van der Waals surface area contributed by atoms with Crippen LogP contribution in [0, 0.1) is 10.1 Å². The normalized spacial score (nSPS) is 15.3. The molecule has 0 radical (unpaired) electrons. The maximum atomic E-state index is 13.1. The van der Waals surface area contributed by atoms with Gasteiger partial charge in [-0.1, -0.05) is 18.2 Å². The van der Waals surface area contributed by atoms with Crippen molar-refractivity contribution in [2.45, 2.75) is 6.92 Å². The number of non-ortho nitro benzene ring substituents is 1. The number of hydrogen-bond donors (Lipinski definition) is 1. The Morgan fingerprint density at radius 1 is 1.18 bits per heavy atom.